The second-order valence-corrected chi connectivity index (χ2v) is 7.15. The molecule has 3 aromatic rings. The van der Waals surface area contributed by atoms with Crippen molar-refractivity contribution in [2.24, 2.45) is 0 Å². The summed E-state index contributed by atoms with van der Waals surface area (Å²) in [5, 5.41) is 5.82. The first-order valence-electron chi connectivity index (χ1n) is 10.0. The number of hydrogen-bond acceptors (Lipinski definition) is 3. The van der Waals surface area contributed by atoms with E-state index in [1.807, 2.05) is 65.2 Å². The number of imidazole rings is 1. The maximum atomic E-state index is 12.8. The highest BCUT2D eigenvalue weighted by Crippen LogP contribution is 2.22. The van der Waals surface area contributed by atoms with Crippen LogP contribution in [0.3, 0.4) is 0 Å². The quantitative estimate of drug-likeness (QED) is 0.679. The van der Waals surface area contributed by atoms with Gasteiger partial charge in [0, 0.05) is 18.8 Å². The van der Waals surface area contributed by atoms with Crippen LogP contribution in [0.25, 0.3) is 0 Å². The lowest BCUT2D eigenvalue weighted by Crippen LogP contribution is -2.27. The number of nitrogens with one attached hydrogen (secondary N) is 2. The fraction of sp³-hybridized carbons (Fsp3) is 0.261. The molecule has 4 rings (SSSR count). The Hall–Kier alpha value is -3.41. The van der Waals surface area contributed by atoms with Gasteiger partial charge in [-0.15, -0.1) is 0 Å². The van der Waals surface area contributed by atoms with E-state index in [9.17, 15) is 9.59 Å². The molecular weight excluding hydrogens is 364 g/mol. The second-order valence-electron chi connectivity index (χ2n) is 7.15. The van der Waals surface area contributed by atoms with Gasteiger partial charge in [0.1, 0.15) is 5.69 Å². The van der Waals surface area contributed by atoms with Crippen LogP contribution < -0.4 is 10.6 Å². The van der Waals surface area contributed by atoms with Crippen LogP contribution >= 0.6 is 0 Å². The highest BCUT2D eigenvalue weighted by Gasteiger charge is 2.27. The van der Waals surface area contributed by atoms with E-state index in [0.29, 0.717) is 30.3 Å². The van der Waals surface area contributed by atoms with Gasteiger partial charge in [-0.3, -0.25) is 9.59 Å². The molecule has 0 aliphatic carbocycles. The molecule has 0 atom stereocenters. The Morgan fingerprint density at radius 1 is 0.931 bits per heavy atom. The summed E-state index contributed by atoms with van der Waals surface area (Å²) >= 11 is 0. The third-order valence-electron chi connectivity index (χ3n) is 5.11. The van der Waals surface area contributed by atoms with Gasteiger partial charge in [-0.05, 0) is 43.4 Å². The molecule has 1 aromatic heterocycles. The van der Waals surface area contributed by atoms with Crippen LogP contribution in [-0.2, 0) is 19.4 Å². The smallest absolute Gasteiger partial charge is 0.291 e. The molecule has 6 heteroatoms. The van der Waals surface area contributed by atoms with Gasteiger partial charge in [0.15, 0.2) is 5.82 Å². The standard InChI is InChI=1S/C23H24N4O2/c28-22(24-15-14-17-9-3-1-4-10-17)20-19-13-7-8-16-27(19)21(26-20)23(29)25-18-11-5-2-6-12-18/h1-6,9-12H,7-8,13-16H2,(H,24,28)(H,25,29). The zero-order chi connectivity index (χ0) is 20.1. The van der Waals surface area contributed by atoms with Gasteiger partial charge >= 0.3 is 0 Å². The lowest BCUT2D eigenvalue weighted by molar-refractivity contribution is 0.0948. The van der Waals surface area contributed by atoms with Crippen molar-refractivity contribution in [3.05, 3.63) is 83.4 Å². The Kier molecular flexibility index (Phi) is 5.70. The molecule has 1 aliphatic heterocycles. The summed E-state index contributed by atoms with van der Waals surface area (Å²) in [5.74, 6) is -0.204. The summed E-state index contributed by atoms with van der Waals surface area (Å²) in [6, 6.07) is 19.3. The van der Waals surface area contributed by atoms with E-state index in [4.69, 9.17) is 0 Å². The monoisotopic (exact) mass is 388 g/mol. The molecule has 0 radical (unpaired) electrons. The number of benzene rings is 2. The normalized spacial score (nSPS) is 12.8. The SMILES string of the molecule is O=C(NCCc1ccccc1)c1nc(C(=O)Nc2ccccc2)n2c1CCCC2. The average Bonchev–Trinajstić information content (AvgIpc) is 3.15. The van der Waals surface area contributed by atoms with E-state index in [1.54, 1.807) is 0 Å². The highest BCUT2D eigenvalue weighted by atomic mass is 16.2. The number of para-hydroxylation sites is 1. The molecule has 0 unspecified atom stereocenters. The summed E-state index contributed by atoms with van der Waals surface area (Å²) in [6.45, 7) is 1.23. The lowest BCUT2D eigenvalue weighted by atomic mass is 10.1. The Bertz CT molecular complexity index is 996. The van der Waals surface area contributed by atoms with Crippen LogP contribution in [0.2, 0.25) is 0 Å². The molecule has 0 spiro atoms. The lowest BCUT2D eigenvalue weighted by Gasteiger charge is -2.17. The average molecular weight is 388 g/mol. The van der Waals surface area contributed by atoms with Crippen LogP contribution in [0.15, 0.2) is 60.7 Å². The molecule has 148 valence electrons. The molecule has 2 N–H and O–H groups in total. The minimum Gasteiger partial charge on any atom is -0.350 e. The third-order valence-corrected chi connectivity index (χ3v) is 5.11. The van der Waals surface area contributed by atoms with Gasteiger partial charge in [0.25, 0.3) is 11.8 Å². The van der Waals surface area contributed by atoms with Crippen molar-refractivity contribution < 1.29 is 9.59 Å². The van der Waals surface area contributed by atoms with Crippen LogP contribution in [0.1, 0.15) is 45.2 Å². The number of hydrogen-bond donors (Lipinski definition) is 2. The van der Waals surface area contributed by atoms with Crippen molar-refractivity contribution in [3.8, 4) is 0 Å². The number of anilines is 1. The highest BCUT2D eigenvalue weighted by molar-refractivity contribution is 6.03. The minimum absolute atomic E-state index is 0.217. The maximum Gasteiger partial charge on any atom is 0.291 e. The van der Waals surface area contributed by atoms with E-state index in [2.05, 4.69) is 15.6 Å². The number of rotatable bonds is 6. The van der Waals surface area contributed by atoms with Gasteiger partial charge in [-0.1, -0.05) is 48.5 Å². The van der Waals surface area contributed by atoms with E-state index in [1.165, 1.54) is 5.56 Å². The van der Waals surface area contributed by atoms with Crippen molar-refractivity contribution in [2.75, 3.05) is 11.9 Å². The van der Waals surface area contributed by atoms with Gasteiger partial charge in [0.05, 0.1) is 5.69 Å². The van der Waals surface area contributed by atoms with Crippen molar-refractivity contribution in [1.82, 2.24) is 14.9 Å². The molecule has 0 saturated heterocycles. The fourth-order valence-electron chi connectivity index (χ4n) is 3.66. The Balaban J connectivity index is 1.49. The van der Waals surface area contributed by atoms with Gasteiger partial charge in [-0.2, -0.15) is 0 Å². The van der Waals surface area contributed by atoms with Crippen LogP contribution in [0, 0.1) is 0 Å². The molecule has 1 aliphatic rings. The van der Waals surface area contributed by atoms with Gasteiger partial charge < -0.3 is 15.2 Å². The number of carbonyl (C=O) groups excluding carboxylic acids is 2. The van der Waals surface area contributed by atoms with Crippen LogP contribution in [-0.4, -0.2) is 27.9 Å². The largest absolute Gasteiger partial charge is 0.350 e. The number of amides is 2. The Morgan fingerprint density at radius 3 is 2.41 bits per heavy atom. The van der Waals surface area contributed by atoms with E-state index >= 15 is 0 Å². The second kappa shape index (κ2) is 8.73. The van der Waals surface area contributed by atoms with Crippen molar-refractivity contribution in [2.45, 2.75) is 32.2 Å². The Labute approximate surface area is 170 Å². The topological polar surface area (TPSA) is 76.0 Å². The van der Waals surface area contributed by atoms with Crippen molar-refractivity contribution in [1.29, 1.82) is 0 Å². The first-order valence-corrected chi connectivity index (χ1v) is 10.0. The van der Waals surface area contributed by atoms with Gasteiger partial charge in [-0.25, -0.2) is 4.98 Å². The molecule has 0 saturated carbocycles. The summed E-state index contributed by atoms with van der Waals surface area (Å²) < 4.78 is 1.90. The predicted molar refractivity (Wildman–Crippen MR) is 112 cm³/mol. The summed E-state index contributed by atoms with van der Waals surface area (Å²) in [5.41, 5.74) is 3.10. The summed E-state index contributed by atoms with van der Waals surface area (Å²) in [6.07, 6.45) is 3.48. The minimum atomic E-state index is -0.289. The first kappa shape index (κ1) is 18.9. The Morgan fingerprint density at radius 2 is 1.66 bits per heavy atom. The zero-order valence-corrected chi connectivity index (χ0v) is 16.2. The molecule has 0 bridgehead atoms. The zero-order valence-electron chi connectivity index (χ0n) is 16.2. The van der Waals surface area contributed by atoms with E-state index < -0.39 is 0 Å². The van der Waals surface area contributed by atoms with E-state index in [-0.39, 0.29) is 11.8 Å². The number of nitrogens with zero attached hydrogens (tertiary/aromatic N) is 2. The predicted octanol–water partition coefficient (Wildman–Crippen LogP) is 3.44. The number of carbonyl (C=O) groups is 2. The molecule has 6 nitrogen and oxygen atoms in total. The maximum absolute atomic E-state index is 12.8. The van der Waals surface area contributed by atoms with Crippen LogP contribution in [0.5, 0.6) is 0 Å². The molecule has 2 aromatic carbocycles. The van der Waals surface area contributed by atoms with Crippen molar-refractivity contribution >= 4 is 17.5 Å². The van der Waals surface area contributed by atoms with Crippen LogP contribution in [0.4, 0.5) is 5.69 Å². The fourth-order valence-corrected chi connectivity index (χ4v) is 3.66. The molecular formula is C23H24N4O2. The van der Waals surface area contributed by atoms with E-state index in [0.717, 1.165) is 31.4 Å². The molecule has 2 amide bonds. The molecule has 0 fully saturated rings. The number of fused-ring (bicyclic) bond motifs is 1. The number of aromatic nitrogens is 2. The van der Waals surface area contributed by atoms with Gasteiger partial charge in [0.2, 0.25) is 0 Å². The molecule has 2 heterocycles. The third kappa shape index (κ3) is 4.37. The first-order chi connectivity index (χ1) is 14.2. The van der Waals surface area contributed by atoms with Crippen molar-refractivity contribution in [3.63, 3.8) is 0 Å². The summed E-state index contributed by atoms with van der Waals surface area (Å²) in [7, 11) is 0. The summed E-state index contributed by atoms with van der Waals surface area (Å²) in [4.78, 5) is 30.0. The molecule has 29 heavy (non-hydrogen) atoms.